The van der Waals surface area contributed by atoms with Crippen molar-refractivity contribution in [2.45, 2.75) is 39.0 Å². The smallest absolute Gasteiger partial charge is 0.257 e. The maximum Gasteiger partial charge on any atom is 0.257 e. The van der Waals surface area contributed by atoms with E-state index >= 15 is 0 Å². The first kappa shape index (κ1) is 18.3. The predicted molar refractivity (Wildman–Crippen MR) is 113 cm³/mol. The van der Waals surface area contributed by atoms with Gasteiger partial charge in [0.15, 0.2) is 5.11 Å². The van der Waals surface area contributed by atoms with Crippen LogP contribution in [0.1, 0.15) is 54.2 Å². The maximum atomic E-state index is 12.4. The number of benzene rings is 2. The van der Waals surface area contributed by atoms with E-state index in [1.807, 2.05) is 36.4 Å². The number of fused-ring (bicyclic) bond motifs is 1. The standard InChI is InChI=1S/C22H24N2OS/c1-22(2,3)17-13-11-16(12-14-17)20(25)24-21(26)23-19-10-6-8-15-7-4-5-9-18(15)19/h5-6,8-14H,4,7H2,1-3H3,(H2,23,24,25,26). The molecule has 0 bridgehead atoms. The zero-order chi connectivity index (χ0) is 18.7. The summed E-state index contributed by atoms with van der Waals surface area (Å²) in [6, 6.07) is 13.8. The number of allylic oxidation sites excluding steroid dienone is 1. The molecule has 0 aromatic heterocycles. The third-order valence-electron chi connectivity index (χ3n) is 4.55. The maximum absolute atomic E-state index is 12.4. The molecule has 0 spiro atoms. The van der Waals surface area contributed by atoms with Crippen molar-refractivity contribution in [1.82, 2.24) is 5.32 Å². The van der Waals surface area contributed by atoms with Gasteiger partial charge in [0.05, 0.1) is 0 Å². The number of anilines is 1. The van der Waals surface area contributed by atoms with Crippen LogP contribution in [0.4, 0.5) is 5.69 Å². The fraction of sp³-hybridized carbons (Fsp3) is 0.273. The molecule has 0 saturated heterocycles. The summed E-state index contributed by atoms with van der Waals surface area (Å²) in [6.45, 7) is 6.45. The molecule has 4 heteroatoms. The highest BCUT2D eigenvalue weighted by molar-refractivity contribution is 7.80. The van der Waals surface area contributed by atoms with Crippen LogP contribution in [-0.4, -0.2) is 11.0 Å². The largest absolute Gasteiger partial charge is 0.332 e. The van der Waals surface area contributed by atoms with Gasteiger partial charge in [0, 0.05) is 16.8 Å². The Balaban J connectivity index is 1.67. The summed E-state index contributed by atoms with van der Waals surface area (Å²) in [7, 11) is 0. The Labute approximate surface area is 160 Å². The molecule has 3 rings (SSSR count). The molecule has 1 aliphatic carbocycles. The molecule has 134 valence electrons. The van der Waals surface area contributed by atoms with Crippen molar-refractivity contribution in [2.75, 3.05) is 5.32 Å². The molecule has 2 N–H and O–H groups in total. The van der Waals surface area contributed by atoms with Crippen molar-refractivity contribution < 1.29 is 4.79 Å². The minimum absolute atomic E-state index is 0.0613. The predicted octanol–water partition coefficient (Wildman–Crippen LogP) is 5.07. The van der Waals surface area contributed by atoms with Crippen molar-refractivity contribution >= 4 is 35.0 Å². The summed E-state index contributed by atoms with van der Waals surface area (Å²) >= 11 is 5.34. The van der Waals surface area contributed by atoms with E-state index in [1.165, 1.54) is 11.1 Å². The molecular formula is C22H24N2OS. The Morgan fingerprint density at radius 3 is 2.50 bits per heavy atom. The number of carbonyl (C=O) groups excluding carboxylic acids is 1. The Kier molecular flexibility index (Phi) is 5.23. The van der Waals surface area contributed by atoms with Gasteiger partial charge in [0.25, 0.3) is 5.91 Å². The molecule has 1 aliphatic rings. The van der Waals surface area contributed by atoms with E-state index in [9.17, 15) is 4.79 Å². The number of nitrogens with one attached hydrogen (secondary N) is 2. The van der Waals surface area contributed by atoms with E-state index in [-0.39, 0.29) is 11.3 Å². The number of carbonyl (C=O) groups is 1. The highest BCUT2D eigenvalue weighted by Crippen LogP contribution is 2.26. The van der Waals surface area contributed by atoms with Crippen LogP contribution in [0.5, 0.6) is 0 Å². The lowest BCUT2D eigenvalue weighted by Crippen LogP contribution is -2.34. The van der Waals surface area contributed by atoms with Gasteiger partial charge in [0.2, 0.25) is 0 Å². The number of hydrogen-bond acceptors (Lipinski definition) is 2. The molecule has 0 aliphatic heterocycles. The molecular weight excluding hydrogens is 340 g/mol. The first-order valence-corrected chi connectivity index (χ1v) is 9.27. The minimum Gasteiger partial charge on any atom is -0.332 e. The molecule has 2 aromatic rings. The highest BCUT2D eigenvalue weighted by atomic mass is 32.1. The summed E-state index contributed by atoms with van der Waals surface area (Å²) in [5.74, 6) is -0.205. The Hall–Kier alpha value is -2.46. The van der Waals surface area contributed by atoms with Crippen LogP contribution in [0, 0.1) is 0 Å². The van der Waals surface area contributed by atoms with E-state index in [2.05, 4.69) is 49.6 Å². The van der Waals surface area contributed by atoms with Crippen LogP contribution in [-0.2, 0) is 11.8 Å². The van der Waals surface area contributed by atoms with Gasteiger partial charge in [-0.3, -0.25) is 10.1 Å². The molecule has 0 unspecified atom stereocenters. The second-order valence-corrected chi connectivity index (χ2v) is 7.96. The molecule has 0 radical (unpaired) electrons. The number of hydrogen-bond donors (Lipinski definition) is 2. The molecule has 0 fully saturated rings. The topological polar surface area (TPSA) is 41.1 Å². The fourth-order valence-corrected chi connectivity index (χ4v) is 3.23. The van der Waals surface area contributed by atoms with Gasteiger partial charge in [-0.05, 0) is 59.8 Å². The molecule has 3 nitrogen and oxygen atoms in total. The Bertz CT molecular complexity index is 861. The van der Waals surface area contributed by atoms with Gasteiger partial charge < -0.3 is 5.32 Å². The molecule has 1 amide bonds. The van der Waals surface area contributed by atoms with Crippen molar-refractivity contribution in [2.24, 2.45) is 0 Å². The van der Waals surface area contributed by atoms with Crippen molar-refractivity contribution in [3.05, 3.63) is 70.8 Å². The lowest BCUT2D eigenvalue weighted by molar-refractivity contribution is 0.0977. The van der Waals surface area contributed by atoms with Gasteiger partial charge in [-0.2, -0.15) is 0 Å². The van der Waals surface area contributed by atoms with E-state index in [4.69, 9.17) is 12.2 Å². The lowest BCUT2D eigenvalue weighted by atomic mass is 9.87. The van der Waals surface area contributed by atoms with Crippen molar-refractivity contribution in [1.29, 1.82) is 0 Å². The van der Waals surface area contributed by atoms with Gasteiger partial charge in [-0.15, -0.1) is 0 Å². The van der Waals surface area contributed by atoms with Crippen LogP contribution in [0.25, 0.3) is 6.08 Å². The molecule has 0 heterocycles. The molecule has 0 saturated carbocycles. The van der Waals surface area contributed by atoms with E-state index in [1.54, 1.807) is 0 Å². The minimum atomic E-state index is -0.205. The molecule has 26 heavy (non-hydrogen) atoms. The summed E-state index contributed by atoms with van der Waals surface area (Å²) in [5.41, 5.74) is 5.21. The second-order valence-electron chi connectivity index (χ2n) is 7.56. The van der Waals surface area contributed by atoms with Crippen molar-refractivity contribution in [3.63, 3.8) is 0 Å². The normalized spacial score (nSPS) is 13.0. The highest BCUT2D eigenvalue weighted by Gasteiger charge is 2.15. The van der Waals surface area contributed by atoms with E-state index in [0.717, 1.165) is 24.1 Å². The number of thiocarbonyl (C=S) groups is 1. The van der Waals surface area contributed by atoms with Gasteiger partial charge in [-0.25, -0.2) is 0 Å². The third kappa shape index (κ3) is 4.20. The fourth-order valence-electron chi connectivity index (χ4n) is 3.03. The summed E-state index contributed by atoms with van der Waals surface area (Å²) < 4.78 is 0. The van der Waals surface area contributed by atoms with Crippen LogP contribution in [0.3, 0.4) is 0 Å². The summed E-state index contributed by atoms with van der Waals surface area (Å²) in [5, 5.41) is 6.23. The van der Waals surface area contributed by atoms with Crippen LogP contribution in [0.2, 0.25) is 0 Å². The Morgan fingerprint density at radius 2 is 1.81 bits per heavy atom. The third-order valence-corrected chi connectivity index (χ3v) is 4.75. The average molecular weight is 365 g/mol. The zero-order valence-electron chi connectivity index (χ0n) is 15.4. The van der Waals surface area contributed by atoms with Crippen LogP contribution in [0.15, 0.2) is 48.5 Å². The van der Waals surface area contributed by atoms with Gasteiger partial charge in [-0.1, -0.05) is 57.2 Å². The molecule has 0 atom stereocenters. The average Bonchev–Trinajstić information content (AvgIpc) is 2.61. The zero-order valence-corrected chi connectivity index (χ0v) is 16.2. The number of rotatable bonds is 2. The van der Waals surface area contributed by atoms with Crippen LogP contribution < -0.4 is 10.6 Å². The summed E-state index contributed by atoms with van der Waals surface area (Å²) in [6.07, 6.45) is 6.35. The first-order valence-electron chi connectivity index (χ1n) is 8.86. The van der Waals surface area contributed by atoms with E-state index in [0.29, 0.717) is 10.7 Å². The monoisotopic (exact) mass is 364 g/mol. The SMILES string of the molecule is CC(C)(C)c1ccc(C(=O)NC(=S)Nc2cccc3c2C=CCC3)cc1. The number of amides is 1. The quantitative estimate of drug-likeness (QED) is 0.731. The molecule has 2 aromatic carbocycles. The Morgan fingerprint density at radius 1 is 1.08 bits per heavy atom. The lowest BCUT2D eigenvalue weighted by Gasteiger charge is -2.19. The van der Waals surface area contributed by atoms with E-state index < -0.39 is 0 Å². The summed E-state index contributed by atoms with van der Waals surface area (Å²) in [4.78, 5) is 12.4. The van der Waals surface area contributed by atoms with Gasteiger partial charge >= 0.3 is 0 Å². The van der Waals surface area contributed by atoms with Crippen LogP contribution >= 0.6 is 12.2 Å². The first-order chi connectivity index (χ1) is 12.3. The van der Waals surface area contributed by atoms with Gasteiger partial charge in [0.1, 0.15) is 0 Å². The van der Waals surface area contributed by atoms with Crippen molar-refractivity contribution in [3.8, 4) is 0 Å². The number of aryl methyl sites for hydroxylation is 1. The second kappa shape index (κ2) is 7.42.